The summed E-state index contributed by atoms with van der Waals surface area (Å²) in [5, 5.41) is 4.75. The summed E-state index contributed by atoms with van der Waals surface area (Å²) in [7, 11) is 0. The van der Waals surface area contributed by atoms with Crippen molar-refractivity contribution in [3.63, 3.8) is 0 Å². The summed E-state index contributed by atoms with van der Waals surface area (Å²) in [6.45, 7) is 26.3. The van der Waals surface area contributed by atoms with Crippen LogP contribution in [0.1, 0.15) is 155 Å². The Morgan fingerprint density at radius 1 is 0.373 bits per heavy atom. The van der Waals surface area contributed by atoms with Gasteiger partial charge in [0.25, 0.3) is 0 Å². The fourth-order valence-electron chi connectivity index (χ4n) is 14.9. The van der Waals surface area contributed by atoms with Crippen molar-refractivity contribution in [3.8, 4) is 44.5 Å². The lowest BCUT2D eigenvalue weighted by atomic mass is 9.78. The summed E-state index contributed by atoms with van der Waals surface area (Å²) < 4.78 is 13.5. The molecule has 0 spiro atoms. The molecule has 0 fully saturated rings. The molecule has 2 heterocycles. The van der Waals surface area contributed by atoms with Gasteiger partial charge in [-0.3, -0.25) is 0 Å². The van der Waals surface area contributed by atoms with Crippen molar-refractivity contribution < 1.29 is 8.83 Å². The van der Waals surface area contributed by atoms with Crippen LogP contribution in [0.25, 0.3) is 88.4 Å². The van der Waals surface area contributed by atoms with Crippen LogP contribution < -0.4 is 0 Å². The number of furan rings is 2. The third kappa shape index (κ3) is 5.97. The molecule has 75 heavy (non-hydrogen) atoms. The zero-order valence-electron chi connectivity index (χ0n) is 45.3. The van der Waals surface area contributed by atoms with E-state index in [2.05, 4.69) is 234 Å². The summed E-state index contributed by atoms with van der Waals surface area (Å²) in [6.07, 6.45) is 1.98. The summed E-state index contributed by atoms with van der Waals surface area (Å²) in [6, 6.07) is 60.9. The second kappa shape index (κ2) is 14.7. The molecule has 0 N–H and O–H groups in total. The van der Waals surface area contributed by atoms with Crippen molar-refractivity contribution in [1.29, 1.82) is 0 Å². The normalized spacial score (nSPS) is 16.9. The molecule has 0 amide bonds. The fourth-order valence-corrected chi connectivity index (χ4v) is 14.9. The van der Waals surface area contributed by atoms with E-state index in [9.17, 15) is 0 Å². The van der Waals surface area contributed by atoms with Crippen LogP contribution in [0.3, 0.4) is 0 Å². The molecule has 0 saturated carbocycles. The van der Waals surface area contributed by atoms with Crippen molar-refractivity contribution in [1.82, 2.24) is 0 Å². The molecule has 9 aromatic carbocycles. The van der Waals surface area contributed by atoms with Crippen molar-refractivity contribution in [2.24, 2.45) is 0 Å². The summed E-state index contributed by atoms with van der Waals surface area (Å²) in [5.41, 5.74) is 30.7. The first-order chi connectivity index (χ1) is 35.8. The Balaban J connectivity index is 0.790. The zero-order valence-corrected chi connectivity index (χ0v) is 45.3. The fraction of sp³-hybridized carbons (Fsp3) is 0.260. The predicted molar refractivity (Wildman–Crippen MR) is 313 cm³/mol. The summed E-state index contributed by atoms with van der Waals surface area (Å²) >= 11 is 0. The minimum absolute atomic E-state index is 0.0801. The number of fused-ring (bicyclic) bond motifs is 20. The van der Waals surface area contributed by atoms with Crippen LogP contribution in [-0.2, 0) is 33.5 Å². The molecule has 0 aliphatic heterocycles. The number of benzene rings is 9. The highest BCUT2D eigenvalue weighted by Crippen LogP contribution is 2.60. The largest absolute Gasteiger partial charge is 0.455 e. The number of para-hydroxylation sites is 2. The molecular formula is C73H64O2. The Hall–Kier alpha value is -7.42. The summed E-state index contributed by atoms with van der Waals surface area (Å²) in [5.74, 6) is 0.222. The van der Waals surface area contributed by atoms with E-state index in [-0.39, 0.29) is 33.0 Å². The van der Waals surface area contributed by atoms with Gasteiger partial charge in [0.15, 0.2) is 0 Å². The smallest absolute Gasteiger partial charge is 0.143 e. The Kier molecular flexibility index (Phi) is 8.82. The minimum Gasteiger partial charge on any atom is -0.455 e. The molecule has 2 nitrogen and oxygen atoms in total. The molecule has 2 heteroatoms. The molecule has 0 bridgehead atoms. The van der Waals surface area contributed by atoms with Crippen LogP contribution in [0.5, 0.6) is 0 Å². The highest BCUT2D eigenvalue weighted by atomic mass is 16.3. The first kappa shape index (κ1) is 45.0. The maximum Gasteiger partial charge on any atom is 0.143 e. The van der Waals surface area contributed by atoms with Gasteiger partial charge in [-0.2, -0.15) is 0 Å². The van der Waals surface area contributed by atoms with Gasteiger partial charge in [-0.1, -0.05) is 197 Å². The van der Waals surface area contributed by atoms with Gasteiger partial charge in [-0.05, 0) is 155 Å². The lowest BCUT2D eigenvalue weighted by Crippen LogP contribution is -2.17. The summed E-state index contributed by atoms with van der Waals surface area (Å²) in [4.78, 5) is 0. The molecule has 368 valence electrons. The van der Waals surface area contributed by atoms with Gasteiger partial charge in [0.05, 0.1) is 0 Å². The van der Waals surface area contributed by atoms with Gasteiger partial charge in [0.2, 0.25) is 0 Å². The highest BCUT2D eigenvalue weighted by molar-refractivity contribution is 6.13. The van der Waals surface area contributed by atoms with Crippen LogP contribution in [0.2, 0.25) is 0 Å². The highest BCUT2D eigenvalue weighted by Gasteiger charge is 2.45. The standard InChI is InChI=1S/C73H64O2/c1-69(2,3)43-25-22-41(23-26-43)44(42-24-29-46-52-37-62-54(39-60(52)73(10,11)58(46)35-42)66-56(71(62,6)7)33-31-50-48-17-13-15-19-64(48)75-68(50)66)27-20-40-21-28-45-51-36-61-53(38-59(51)72(8,9)57(45)34-40)65-55(70(61,4)5)32-30-49-47-16-12-14-18-63(47)74-67(49)65/h12-19,21-26,28-39,44H,20,27H2,1-11H3. The predicted octanol–water partition coefficient (Wildman–Crippen LogP) is 19.8. The quantitative estimate of drug-likeness (QED) is 0.172. The monoisotopic (exact) mass is 972 g/mol. The molecule has 2 aromatic heterocycles. The van der Waals surface area contributed by atoms with Gasteiger partial charge >= 0.3 is 0 Å². The Labute approximate surface area is 441 Å². The SMILES string of the molecule is CC(C)(C)c1ccc(C(CCc2ccc3c(c2)C(C)(C)c2cc4c(cc2-3)C(C)(C)c2ccc3c(oc5ccccc53)c2-4)c2ccc3c(c2)C(C)(C)c2cc4c(cc2-3)C(C)(C)c2ccc3c(oc5ccccc53)c2-4)cc1. The van der Waals surface area contributed by atoms with E-state index in [0.717, 1.165) is 35.2 Å². The zero-order chi connectivity index (χ0) is 51.5. The molecule has 4 aliphatic rings. The average Bonchev–Trinajstić information content (AvgIpc) is 4.32. The van der Waals surface area contributed by atoms with Crippen molar-refractivity contribution in [3.05, 3.63) is 224 Å². The van der Waals surface area contributed by atoms with Crippen molar-refractivity contribution >= 4 is 43.9 Å². The van der Waals surface area contributed by atoms with Gasteiger partial charge in [-0.15, -0.1) is 0 Å². The van der Waals surface area contributed by atoms with E-state index in [0.29, 0.717) is 0 Å². The van der Waals surface area contributed by atoms with E-state index < -0.39 is 0 Å². The average molecular weight is 973 g/mol. The lowest BCUT2D eigenvalue weighted by Gasteiger charge is -2.26. The second-order valence-corrected chi connectivity index (χ2v) is 26.0. The maximum atomic E-state index is 6.74. The Bertz CT molecular complexity index is 4320. The van der Waals surface area contributed by atoms with Crippen LogP contribution in [0, 0.1) is 0 Å². The van der Waals surface area contributed by atoms with Gasteiger partial charge in [-0.25, -0.2) is 0 Å². The van der Waals surface area contributed by atoms with Gasteiger partial charge < -0.3 is 8.83 Å². The number of hydrogen-bond donors (Lipinski definition) is 0. The van der Waals surface area contributed by atoms with E-state index in [1.54, 1.807) is 0 Å². The Morgan fingerprint density at radius 3 is 1.32 bits per heavy atom. The van der Waals surface area contributed by atoms with Crippen LogP contribution in [0.15, 0.2) is 167 Å². The van der Waals surface area contributed by atoms with Crippen LogP contribution in [0.4, 0.5) is 0 Å². The number of aryl methyl sites for hydroxylation is 1. The first-order valence-electron chi connectivity index (χ1n) is 27.5. The van der Waals surface area contributed by atoms with E-state index >= 15 is 0 Å². The molecule has 0 radical (unpaired) electrons. The molecule has 0 saturated heterocycles. The molecule has 1 unspecified atom stereocenters. The third-order valence-corrected chi connectivity index (χ3v) is 19.3. The number of rotatable bonds is 5. The van der Waals surface area contributed by atoms with E-state index in [1.807, 2.05) is 0 Å². The van der Waals surface area contributed by atoms with Crippen molar-refractivity contribution in [2.45, 2.75) is 122 Å². The molecular weight excluding hydrogens is 909 g/mol. The topological polar surface area (TPSA) is 26.3 Å². The van der Waals surface area contributed by atoms with Crippen molar-refractivity contribution in [2.75, 3.05) is 0 Å². The lowest BCUT2D eigenvalue weighted by molar-refractivity contribution is 0.589. The molecule has 15 rings (SSSR count). The van der Waals surface area contributed by atoms with E-state index in [1.165, 1.54) is 133 Å². The first-order valence-corrected chi connectivity index (χ1v) is 27.5. The molecule has 11 aromatic rings. The second-order valence-electron chi connectivity index (χ2n) is 26.0. The molecule has 4 aliphatic carbocycles. The van der Waals surface area contributed by atoms with Gasteiger partial charge in [0, 0.05) is 60.2 Å². The maximum absolute atomic E-state index is 6.74. The van der Waals surface area contributed by atoms with Crippen LogP contribution in [-0.4, -0.2) is 0 Å². The molecule has 1 atom stereocenters. The third-order valence-electron chi connectivity index (χ3n) is 19.3. The van der Waals surface area contributed by atoms with Gasteiger partial charge in [0.1, 0.15) is 22.3 Å². The van der Waals surface area contributed by atoms with E-state index in [4.69, 9.17) is 8.83 Å². The number of hydrogen-bond acceptors (Lipinski definition) is 2. The minimum atomic E-state index is -0.193. The Morgan fingerprint density at radius 2 is 0.800 bits per heavy atom. The van der Waals surface area contributed by atoms with Crippen LogP contribution >= 0.6 is 0 Å².